The van der Waals surface area contributed by atoms with E-state index in [0.717, 1.165) is 22.2 Å². The summed E-state index contributed by atoms with van der Waals surface area (Å²) in [7, 11) is 0. The number of aromatic nitrogens is 7. The van der Waals surface area contributed by atoms with E-state index in [0.29, 0.717) is 33.7 Å². The van der Waals surface area contributed by atoms with Gasteiger partial charge in [0.25, 0.3) is 0 Å². The molecule has 0 saturated heterocycles. The van der Waals surface area contributed by atoms with Gasteiger partial charge in [0.05, 0.1) is 29.1 Å². The highest BCUT2D eigenvalue weighted by Crippen LogP contribution is 2.32. The van der Waals surface area contributed by atoms with Gasteiger partial charge >= 0.3 is 0 Å². The number of nitrogens with one attached hydrogen (secondary N) is 2. The number of H-pyrrole nitrogens is 2. The van der Waals surface area contributed by atoms with E-state index < -0.39 is 0 Å². The lowest BCUT2D eigenvalue weighted by Gasteiger charge is -2.03. The van der Waals surface area contributed by atoms with Gasteiger partial charge in [-0.15, -0.1) is 0 Å². The number of rotatable bonds is 3. The molecule has 0 amide bonds. The Kier molecular flexibility index (Phi) is 3.82. The number of nitrogens with zero attached hydrogens (tertiary/aromatic N) is 5. The summed E-state index contributed by atoms with van der Waals surface area (Å²) in [6, 6.07) is 12.4. The Labute approximate surface area is 175 Å². The first-order chi connectivity index (χ1) is 15.3. The maximum absolute atomic E-state index is 14.4. The van der Waals surface area contributed by atoms with Crippen molar-refractivity contribution in [3.8, 4) is 33.9 Å². The molecule has 0 radical (unpaired) electrons. The molecule has 1 aromatic carbocycles. The van der Waals surface area contributed by atoms with Gasteiger partial charge in [0.1, 0.15) is 17.0 Å². The van der Waals surface area contributed by atoms with E-state index in [-0.39, 0.29) is 5.82 Å². The van der Waals surface area contributed by atoms with Gasteiger partial charge in [-0.05, 0) is 24.3 Å². The first kappa shape index (κ1) is 17.4. The van der Waals surface area contributed by atoms with E-state index in [2.05, 4.69) is 30.1 Å². The number of halogens is 1. The van der Waals surface area contributed by atoms with Gasteiger partial charge in [0, 0.05) is 40.7 Å². The van der Waals surface area contributed by atoms with Crippen molar-refractivity contribution in [3.63, 3.8) is 0 Å². The fourth-order valence-electron chi connectivity index (χ4n) is 3.70. The maximum Gasteiger partial charge on any atom is 0.159 e. The third-order valence-corrected chi connectivity index (χ3v) is 5.21. The van der Waals surface area contributed by atoms with E-state index in [4.69, 9.17) is 4.98 Å². The molecule has 0 atom stereocenters. The summed E-state index contributed by atoms with van der Waals surface area (Å²) in [5.41, 5.74) is 5.63. The van der Waals surface area contributed by atoms with Crippen LogP contribution in [-0.4, -0.2) is 35.1 Å². The minimum atomic E-state index is -0.320. The van der Waals surface area contributed by atoms with Crippen molar-refractivity contribution in [3.05, 3.63) is 79.3 Å². The third kappa shape index (κ3) is 2.84. The average Bonchev–Trinajstić information content (AvgIpc) is 3.43. The van der Waals surface area contributed by atoms with Crippen LogP contribution >= 0.6 is 0 Å². The maximum atomic E-state index is 14.4. The second kappa shape index (κ2) is 6.81. The van der Waals surface area contributed by atoms with E-state index >= 15 is 0 Å². The van der Waals surface area contributed by atoms with Crippen LogP contribution < -0.4 is 0 Å². The minimum absolute atomic E-state index is 0.320. The first-order valence-electron chi connectivity index (χ1n) is 9.61. The van der Waals surface area contributed by atoms with Gasteiger partial charge in [-0.3, -0.25) is 20.1 Å². The zero-order valence-electron chi connectivity index (χ0n) is 16.0. The Morgan fingerprint density at radius 1 is 0.839 bits per heavy atom. The van der Waals surface area contributed by atoms with Crippen molar-refractivity contribution in [2.45, 2.75) is 0 Å². The molecule has 0 saturated carbocycles. The van der Waals surface area contributed by atoms with Crippen LogP contribution in [0.15, 0.2) is 73.4 Å². The van der Waals surface area contributed by atoms with Gasteiger partial charge < -0.3 is 4.98 Å². The highest BCUT2D eigenvalue weighted by atomic mass is 19.1. The fraction of sp³-hybridized carbons (Fsp3) is 0. The van der Waals surface area contributed by atoms with Crippen molar-refractivity contribution in [2.24, 2.45) is 0 Å². The van der Waals surface area contributed by atoms with E-state index in [1.54, 1.807) is 49.2 Å². The Bertz CT molecular complexity index is 1550. The molecule has 0 aliphatic rings. The topological polar surface area (TPSA) is 96.0 Å². The van der Waals surface area contributed by atoms with E-state index in [1.165, 1.54) is 6.07 Å². The van der Waals surface area contributed by atoms with Gasteiger partial charge in [-0.2, -0.15) is 5.10 Å². The lowest BCUT2D eigenvalue weighted by molar-refractivity contribution is 0.631. The zero-order chi connectivity index (χ0) is 20.8. The summed E-state index contributed by atoms with van der Waals surface area (Å²) in [5.74, 6) is 0.248. The van der Waals surface area contributed by atoms with Crippen LogP contribution in [0.5, 0.6) is 0 Å². The van der Waals surface area contributed by atoms with Crippen LogP contribution in [0.1, 0.15) is 0 Å². The molecule has 0 aliphatic heterocycles. The standard InChI is InChI=1S/C23H14FN7/c24-17-4-2-1-3-14(17)16-10-26-11-20-21(16)29-23(28-20)22-15-9-18(13-5-7-25-8-6-13)27-12-19(15)30-31-22/h1-12H,(H,28,29)(H,30,31). The van der Waals surface area contributed by atoms with Crippen LogP contribution in [0.2, 0.25) is 0 Å². The molecule has 2 N–H and O–H groups in total. The molecule has 148 valence electrons. The normalized spacial score (nSPS) is 11.4. The summed E-state index contributed by atoms with van der Waals surface area (Å²) in [5, 5.41) is 8.33. The quantitative estimate of drug-likeness (QED) is 0.441. The molecule has 0 fully saturated rings. The van der Waals surface area contributed by atoms with E-state index in [1.807, 2.05) is 18.2 Å². The Hall–Kier alpha value is -4.46. The first-order valence-corrected chi connectivity index (χ1v) is 9.61. The number of pyridine rings is 3. The second-order valence-corrected chi connectivity index (χ2v) is 7.07. The van der Waals surface area contributed by atoms with Crippen LogP contribution in [0, 0.1) is 5.82 Å². The molecule has 5 heterocycles. The number of aromatic amines is 2. The Morgan fingerprint density at radius 2 is 1.71 bits per heavy atom. The summed E-state index contributed by atoms with van der Waals surface area (Å²) in [6.45, 7) is 0. The molecular weight excluding hydrogens is 393 g/mol. The predicted octanol–water partition coefficient (Wildman–Crippen LogP) is 4.76. The smallest absolute Gasteiger partial charge is 0.159 e. The molecule has 0 aliphatic carbocycles. The van der Waals surface area contributed by atoms with Gasteiger partial charge in [0.2, 0.25) is 0 Å². The molecule has 0 unspecified atom stereocenters. The van der Waals surface area contributed by atoms with Gasteiger partial charge in [-0.25, -0.2) is 9.37 Å². The average molecular weight is 407 g/mol. The summed E-state index contributed by atoms with van der Waals surface area (Å²) in [4.78, 5) is 20.8. The highest BCUT2D eigenvalue weighted by Gasteiger charge is 2.17. The molecule has 5 aromatic heterocycles. The zero-order valence-corrected chi connectivity index (χ0v) is 16.0. The van der Waals surface area contributed by atoms with Crippen molar-refractivity contribution in [2.75, 3.05) is 0 Å². The largest absolute Gasteiger partial charge is 0.335 e. The molecule has 0 bridgehead atoms. The predicted molar refractivity (Wildman–Crippen MR) is 115 cm³/mol. The minimum Gasteiger partial charge on any atom is -0.335 e. The molecule has 6 aromatic rings. The summed E-state index contributed by atoms with van der Waals surface area (Å²) >= 11 is 0. The van der Waals surface area contributed by atoms with Crippen LogP contribution in [0.3, 0.4) is 0 Å². The highest BCUT2D eigenvalue weighted by molar-refractivity contribution is 5.97. The SMILES string of the molecule is Fc1ccccc1-c1cncc2[nH]c(-c3n[nH]c4cnc(-c5ccncc5)cc34)nc12. The number of benzene rings is 1. The fourth-order valence-corrected chi connectivity index (χ4v) is 3.70. The monoisotopic (exact) mass is 407 g/mol. The molecule has 31 heavy (non-hydrogen) atoms. The second-order valence-electron chi connectivity index (χ2n) is 7.07. The number of imidazole rings is 1. The number of fused-ring (bicyclic) bond motifs is 2. The molecule has 0 spiro atoms. The Morgan fingerprint density at radius 3 is 2.58 bits per heavy atom. The van der Waals surface area contributed by atoms with Gasteiger partial charge in [0.15, 0.2) is 5.82 Å². The van der Waals surface area contributed by atoms with E-state index in [9.17, 15) is 4.39 Å². The third-order valence-electron chi connectivity index (χ3n) is 5.21. The van der Waals surface area contributed by atoms with Crippen molar-refractivity contribution in [1.82, 2.24) is 35.1 Å². The molecule has 8 heteroatoms. The summed E-state index contributed by atoms with van der Waals surface area (Å²) < 4.78 is 14.4. The lowest BCUT2D eigenvalue weighted by atomic mass is 10.1. The lowest BCUT2D eigenvalue weighted by Crippen LogP contribution is -1.87. The molecule has 6 rings (SSSR count). The van der Waals surface area contributed by atoms with Crippen molar-refractivity contribution in [1.29, 1.82) is 0 Å². The van der Waals surface area contributed by atoms with Crippen LogP contribution in [0.4, 0.5) is 4.39 Å². The van der Waals surface area contributed by atoms with Crippen molar-refractivity contribution >= 4 is 21.9 Å². The van der Waals surface area contributed by atoms with Crippen LogP contribution in [-0.2, 0) is 0 Å². The summed E-state index contributed by atoms with van der Waals surface area (Å²) in [6.07, 6.45) is 8.51. The number of hydrogen-bond acceptors (Lipinski definition) is 5. The molecular formula is C23H14FN7. The Balaban J connectivity index is 1.53. The van der Waals surface area contributed by atoms with Crippen LogP contribution in [0.25, 0.3) is 55.8 Å². The van der Waals surface area contributed by atoms with Crippen molar-refractivity contribution < 1.29 is 4.39 Å². The number of hydrogen-bond donors (Lipinski definition) is 2. The van der Waals surface area contributed by atoms with Gasteiger partial charge in [-0.1, -0.05) is 18.2 Å². The molecule has 7 nitrogen and oxygen atoms in total.